The monoisotopic (exact) mass is 286 g/mol. The highest BCUT2D eigenvalue weighted by atomic mass is 32.3. The Hall–Kier alpha value is -0.740. The van der Waals surface area contributed by atoms with E-state index in [-0.39, 0.29) is 12.1 Å². The second-order valence-corrected chi connectivity index (χ2v) is 5.21. The number of quaternary nitrogens is 1. The quantitative estimate of drug-likeness (QED) is 0.223. The van der Waals surface area contributed by atoms with Crippen LogP contribution in [0.5, 0.6) is 0 Å². The van der Waals surface area contributed by atoms with E-state index in [1.165, 1.54) is 6.92 Å². The van der Waals surface area contributed by atoms with Crippen molar-refractivity contribution < 1.29 is 27.0 Å². The van der Waals surface area contributed by atoms with Gasteiger partial charge >= 0.3 is 0 Å². The fraction of sp³-hybridized carbons (Fsp3) is 0.889. The van der Waals surface area contributed by atoms with Crippen molar-refractivity contribution >= 4 is 16.3 Å². The highest BCUT2D eigenvalue weighted by Gasteiger charge is 2.20. The molecule has 0 radical (unpaired) electrons. The van der Waals surface area contributed by atoms with E-state index >= 15 is 0 Å². The molecular formula is C9H22N2O6S. The van der Waals surface area contributed by atoms with Gasteiger partial charge in [0.1, 0.15) is 0 Å². The molecule has 0 aromatic rings. The van der Waals surface area contributed by atoms with Crippen LogP contribution in [-0.4, -0.2) is 31.0 Å². The molecule has 0 unspecified atom stereocenters. The second kappa shape index (κ2) is 8.38. The molecule has 5 N–H and O–H groups in total. The fourth-order valence-corrected chi connectivity index (χ4v) is 1.38. The van der Waals surface area contributed by atoms with Gasteiger partial charge in [0.25, 0.3) is 0 Å². The molecule has 0 spiro atoms. The van der Waals surface area contributed by atoms with Gasteiger partial charge in [-0.3, -0.25) is 4.79 Å². The van der Waals surface area contributed by atoms with Gasteiger partial charge in [-0.05, 0) is 33.1 Å². The van der Waals surface area contributed by atoms with Gasteiger partial charge in [-0.15, -0.1) is 4.33 Å². The van der Waals surface area contributed by atoms with Crippen LogP contribution in [0, 0.1) is 0 Å². The lowest BCUT2D eigenvalue weighted by molar-refractivity contribution is -0.284. The summed E-state index contributed by atoms with van der Waals surface area (Å²) in [6.45, 7) is 5.19. The van der Waals surface area contributed by atoms with Gasteiger partial charge in [-0.2, -0.15) is 0 Å². The third-order valence-corrected chi connectivity index (χ3v) is 2.16. The molecule has 0 fully saturated rings. The minimum Gasteiger partial charge on any atom is -0.724 e. The third kappa shape index (κ3) is 13.3. The molecule has 18 heavy (non-hydrogen) atoms. The summed E-state index contributed by atoms with van der Waals surface area (Å²) in [6.07, 6.45) is 1.94. The maximum atomic E-state index is 10.6. The normalized spacial score (nSPS) is 11.8. The lowest BCUT2D eigenvalue weighted by Crippen LogP contribution is -2.27. The van der Waals surface area contributed by atoms with Crippen molar-refractivity contribution in [2.24, 2.45) is 0 Å². The Morgan fingerprint density at radius 1 is 1.33 bits per heavy atom. The second-order valence-electron chi connectivity index (χ2n) is 4.26. The molecular weight excluding hydrogens is 264 g/mol. The van der Waals surface area contributed by atoms with Gasteiger partial charge in [-0.25, -0.2) is 13.3 Å². The Kier molecular flexibility index (Phi) is 9.12. The highest BCUT2D eigenvalue weighted by molar-refractivity contribution is 7.80. The van der Waals surface area contributed by atoms with E-state index in [0.717, 1.165) is 6.42 Å². The summed E-state index contributed by atoms with van der Waals surface area (Å²) in [7, 11) is -4.83. The van der Waals surface area contributed by atoms with Gasteiger partial charge in [0.05, 0.1) is 5.60 Å². The van der Waals surface area contributed by atoms with E-state index in [2.05, 4.69) is 14.5 Å². The molecule has 0 aliphatic carbocycles. The number of unbranched alkanes of at least 4 members (excludes halogenated alkanes) is 1. The zero-order valence-electron chi connectivity index (χ0n) is 11.2. The molecule has 0 bridgehead atoms. The van der Waals surface area contributed by atoms with Crippen LogP contribution < -0.4 is 11.5 Å². The van der Waals surface area contributed by atoms with E-state index in [4.69, 9.17) is 0 Å². The van der Waals surface area contributed by atoms with Gasteiger partial charge < -0.3 is 16.0 Å². The van der Waals surface area contributed by atoms with Crippen molar-refractivity contribution in [1.82, 2.24) is 11.5 Å². The molecule has 0 aliphatic rings. The van der Waals surface area contributed by atoms with E-state index in [1.54, 1.807) is 13.8 Å². The molecule has 0 heterocycles. The zero-order chi connectivity index (χ0) is 13.5. The number of rotatable bonds is 8. The molecule has 0 rings (SSSR count). The van der Waals surface area contributed by atoms with Gasteiger partial charge in [0, 0.05) is 13.5 Å². The molecule has 0 aliphatic heterocycles. The van der Waals surface area contributed by atoms with Crippen molar-refractivity contribution in [3.05, 3.63) is 0 Å². The van der Waals surface area contributed by atoms with Gasteiger partial charge in [0.15, 0.2) is 0 Å². The van der Waals surface area contributed by atoms with Crippen molar-refractivity contribution in [2.75, 3.05) is 6.54 Å². The number of amides is 1. The summed E-state index contributed by atoms with van der Waals surface area (Å²) in [4.78, 5) is 15.1. The van der Waals surface area contributed by atoms with E-state index < -0.39 is 16.0 Å². The molecule has 9 heteroatoms. The number of hydrogen-bond donors (Lipinski definition) is 2. The Bertz CT molecular complexity index is 341. The van der Waals surface area contributed by atoms with Crippen LogP contribution in [0.3, 0.4) is 0 Å². The van der Waals surface area contributed by atoms with Crippen LogP contribution in [0.4, 0.5) is 0 Å². The standard InChI is InChI=1S/C9H19NO6S.H3N/c1-8(11)10-7-5-4-6-9(2,3)15-16-17(12,13)14;/h4-7H2,1-3H3,(H,10,11)(H,12,13,14);1H3. The number of carbonyl (C=O) groups excluding carboxylic acids is 1. The Morgan fingerprint density at radius 3 is 2.33 bits per heavy atom. The maximum absolute atomic E-state index is 10.6. The molecule has 0 saturated carbocycles. The lowest BCUT2D eigenvalue weighted by atomic mass is 10.0. The molecule has 0 aromatic carbocycles. The summed E-state index contributed by atoms with van der Waals surface area (Å²) in [5.74, 6) is -0.0960. The summed E-state index contributed by atoms with van der Waals surface area (Å²) in [6, 6.07) is 0. The first-order chi connectivity index (χ1) is 7.62. The summed E-state index contributed by atoms with van der Waals surface area (Å²) < 4.78 is 34.3. The van der Waals surface area contributed by atoms with E-state index in [0.29, 0.717) is 19.4 Å². The first-order valence-electron chi connectivity index (χ1n) is 5.20. The van der Waals surface area contributed by atoms with E-state index in [1.807, 2.05) is 0 Å². The number of nitrogens with one attached hydrogen (secondary N) is 1. The average molecular weight is 286 g/mol. The number of hydrogen-bond acceptors (Lipinski definition) is 6. The average Bonchev–Trinajstić information content (AvgIpc) is 2.13. The largest absolute Gasteiger partial charge is 0.724 e. The first-order valence-corrected chi connectivity index (χ1v) is 6.53. The topological polar surface area (TPSA) is 141 Å². The molecule has 0 atom stereocenters. The summed E-state index contributed by atoms with van der Waals surface area (Å²) >= 11 is 0. The minimum absolute atomic E-state index is 0. The highest BCUT2D eigenvalue weighted by Crippen LogP contribution is 2.18. The minimum atomic E-state index is -4.83. The smallest absolute Gasteiger partial charge is 0.245 e. The van der Waals surface area contributed by atoms with Crippen LogP contribution in [0.25, 0.3) is 0 Å². The Morgan fingerprint density at radius 2 is 1.89 bits per heavy atom. The molecule has 8 nitrogen and oxygen atoms in total. The fourth-order valence-electron chi connectivity index (χ4n) is 1.12. The van der Waals surface area contributed by atoms with Crippen LogP contribution in [-0.2, 0) is 24.4 Å². The van der Waals surface area contributed by atoms with Crippen LogP contribution in [0.15, 0.2) is 0 Å². The SMILES string of the molecule is CC(=O)NCCCCC(C)(C)OOS(=O)(=O)[O-].[NH4+]. The zero-order valence-corrected chi connectivity index (χ0v) is 12.0. The van der Waals surface area contributed by atoms with Crippen LogP contribution in [0.2, 0.25) is 0 Å². The first kappa shape index (κ1) is 19.6. The van der Waals surface area contributed by atoms with Crippen molar-refractivity contribution in [3.8, 4) is 0 Å². The molecule has 0 aromatic heterocycles. The molecule has 110 valence electrons. The van der Waals surface area contributed by atoms with E-state index in [9.17, 15) is 17.8 Å². The molecule has 0 saturated heterocycles. The van der Waals surface area contributed by atoms with Crippen LogP contribution >= 0.6 is 0 Å². The maximum Gasteiger partial charge on any atom is 0.245 e. The Balaban J connectivity index is 0. The van der Waals surface area contributed by atoms with Gasteiger partial charge in [0.2, 0.25) is 16.3 Å². The van der Waals surface area contributed by atoms with Gasteiger partial charge in [-0.1, -0.05) is 0 Å². The predicted molar refractivity (Wildman–Crippen MR) is 64.5 cm³/mol. The lowest BCUT2D eigenvalue weighted by Gasteiger charge is -2.23. The van der Waals surface area contributed by atoms with Crippen molar-refractivity contribution in [1.29, 1.82) is 0 Å². The summed E-state index contributed by atoms with van der Waals surface area (Å²) in [5.41, 5.74) is -0.867. The predicted octanol–water partition coefficient (Wildman–Crippen LogP) is 0.856. The number of carbonyl (C=O) groups is 1. The third-order valence-electron chi connectivity index (χ3n) is 1.92. The summed E-state index contributed by atoms with van der Waals surface area (Å²) in [5, 5.41) is 2.63. The van der Waals surface area contributed by atoms with Crippen LogP contribution in [0.1, 0.15) is 40.0 Å². The van der Waals surface area contributed by atoms with Crippen molar-refractivity contribution in [3.63, 3.8) is 0 Å². The van der Waals surface area contributed by atoms with Crippen molar-refractivity contribution in [2.45, 2.75) is 45.6 Å². The Labute approximate surface area is 107 Å². The molecule has 1 amide bonds.